The number of carbonyl (C=O) groups is 1. The highest BCUT2D eigenvalue weighted by Crippen LogP contribution is 2.45. The first-order chi connectivity index (χ1) is 17.0. The highest BCUT2D eigenvalue weighted by molar-refractivity contribution is 7.22. The van der Waals surface area contributed by atoms with Gasteiger partial charge in [0.25, 0.3) is 0 Å². The zero-order valence-corrected chi connectivity index (χ0v) is 20.3. The molecule has 0 spiro atoms. The fourth-order valence-electron chi connectivity index (χ4n) is 4.90. The number of ether oxygens (including phenoxy) is 1. The van der Waals surface area contributed by atoms with Crippen LogP contribution in [0.1, 0.15) is 28.8 Å². The normalized spacial score (nSPS) is 13.6. The van der Waals surface area contributed by atoms with Crippen molar-refractivity contribution in [3.63, 3.8) is 0 Å². The topological polar surface area (TPSA) is 51.5 Å². The van der Waals surface area contributed by atoms with E-state index in [1.165, 1.54) is 25.0 Å². The van der Waals surface area contributed by atoms with E-state index in [0.717, 1.165) is 61.1 Å². The molecular formula is C29H24FNO3S. The Hall–Kier alpha value is -3.64. The van der Waals surface area contributed by atoms with Crippen LogP contribution in [0.25, 0.3) is 42.7 Å². The molecule has 0 amide bonds. The number of methoxy groups -OCH3 is 1. The van der Waals surface area contributed by atoms with E-state index in [1.807, 2.05) is 12.1 Å². The summed E-state index contributed by atoms with van der Waals surface area (Å²) in [4.78, 5) is 12.6. The number of halogens is 1. The van der Waals surface area contributed by atoms with Gasteiger partial charge in [0.1, 0.15) is 12.0 Å². The second kappa shape index (κ2) is 8.24. The van der Waals surface area contributed by atoms with Gasteiger partial charge in [0, 0.05) is 33.1 Å². The lowest BCUT2D eigenvalue weighted by molar-refractivity contribution is 0.112. The lowest BCUT2D eigenvalue weighted by atomic mass is 10.0. The number of carbonyl (C=O) groups excluding carboxylic acids is 1. The maximum atomic E-state index is 14.0. The molecule has 1 saturated carbocycles. The molecule has 4 nitrogen and oxygen atoms in total. The van der Waals surface area contributed by atoms with Crippen LogP contribution in [0.4, 0.5) is 4.39 Å². The van der Waals surface area contributed by atoms with Crippen molar-refractivity contribution in [3.05, 3.63) is 71.5 Å². The molecule has 6 rings (SSSR count). The number of rotatable bonds is 6. The Bertz CT molecular complexity index is 1630. The molecule has 0 bridgehead atoms. The Morgan fingerprint density at radius 1 is 1.11 bits per heavy atom. The van der Waals surface area contributed by atoms with Crippen molar-refractivity contribution in [1.29, 1.82) is 0 Å². The van der Waals surface area contributed by atoms with Crippen LogP contribution in [0.15, 0.2) is 54.6 Å². The Balaban J connectivity index is 1.56. The van der Waals surface area contributed by atoms with Gasteiger partial charge in [-0.05, 0) is 78.8 Å². The molecule has 3 aromatic carbocycles. The zero-order valence-electron chi connectivity index (χ0n) is 19.5. The molecule has 0 aliphatic heterocycles. The predicted octanol–water partition coefficient (Wildman–Crippen LogP) is 7.57. The number of phenols is 1. The summed E-state index contributed by atoms with van der Waals surface area (Å²) in [5.41, 5.74) is 5.63. The zero-order chi connectivity index (χ0) is 24.3. The van der Waals surface area contributed by atoms with Gasteiger partial charge in [-0.25, -0.2) is 4.39 Å². The maximum Gasteiger partial charge on any atom is 0.165 e. The highest BCUT2D eigenvalue weighted by atomic mass is 32.1. The molecule has 2 aromatic heterocycles. The summed E-state index contributed by atoms with van der Waals surface area (Å²) in [6.45, 7) is 3.04. The number of benzene rings is 3. The van der Waals surface area contributed by atoms with E-state index < -0.39 is 5.82 Å². The maximum absolute atomic E-state index is 14.0. The highest BCUT2D eigenvalue weighted by Gasteiger charge is 2.26. The average Bonchev–Trinajstić information content (AvgIpc) is 3.54. The number of thiophene rings is 1. The molecule has 0 unspecified atom stereocenters. The van der Waals surface area contributed by atoms with Crippen LogP contribution in [0.3, 0.4) is 0 Å². The largest absolute Gasteiger partial charge is 0.505 e. The Kier molecular flexibility index (Phi) is 5.15. The van der Waals surface area contributed by atoms with Crippen LogP contribution in [0.5, 0.6) is 11.5 Å². The van der Waals surface area contributed by atoms with E-state index in [1.54, 1.807) is 30.6 Å². The molecule has 0 atom stereocenters. The number of aromatic hydroxyl groups is 1. The number of fused-ring (bicyclic) bond motifs is 2. The van der Waals surface area contributed by atoms with Gasteiger partial charge < -0.3 is 14.4 Å². The van der Waals surface area contributed by atoms with Crippen LogP contribution >= 0.6 is 11.3 Å². The van der Waals surface area contributed by atoms with Crippen molar-refractivity contribution < 1.29 is 19.0 Å². The molecule has 2 heterocycles. The van der Waals surface area contributed by atoms with Crippen LogP contribution in [-0.4, -0.2) is 23.1 Å². The summed E-state index contributed by atoms with van der Waals surface area (Å²) in [5.74, 6) is 0.403. The molecular weight excluding hydrogens is 461 g/mol. The third-order valence-corrected chi connectivity index (χ3v) is 8.19. The second-order valence-corrected chi connectivity index (χ2v) is 10.3. The lowest BCUT2D eigenvalue weighted by Crippen LogP contribution is -2.01. The Morgan fingerprint density at radius 2 is 1.89 bits per heavy atom. The minimum atomic E-state index is -0.624. The number of phenolic OH excluding ortho intramolecular Hbond substituents is 1. The van der Waals surface area contributed by atoms with Crippen LogP contribution in [-0.2, 0) is 6.54 Å². The summed E-state index contributed by atoms with van der Waals surface area (Å²) >= 11 is 1.68. The van der Waals surface area contributed by atoms with Crippen molar-refractivity contribution in [1.82, 2.24) is 4.57 Å². The first kappa shape index (κ1) is 21.9. The number of nitrogens with zero attached hydrogens (tertiary/aromatic N) is 1. The van der Waals surface area contributed by atoms with E-state index in [4.69, 9.17) is 4.74 Å². The standard InChI is InChI=1S/C29H24FNO3S/c1-16-28-26(34-2)9-18(15-32)10-27(28)35-29(16)24-13-21-6-5-20(19-7-8-25(33)22(30)11-19)12-23(21)31(24)14-17-3-4-17/h5-13,15,17,33H,3-4,14H2,1-2H3. The van der Waals surface area contributed by atoms with Gasteiger partial charge in [0.2, 0.25) is 0 Å². The molecule has 1 fully saturated rings. The third kappa shape index (κ3) is 3.69. The quantitative estimate of drug-likeness (QED) is 0.252. The molecule has 176 valence electrons. The molecule has 35 heavy (non-hydrogen) atoms. The molecule has 1 N–H and O–H groups in total. The van der Waals surface area contributed by atoms with Crippen molar-refractivity contribution in [2.75, 3.05) is 7.11 Å². The first-order valence-corrected chi connectivity index (χ1v) is 12.5. The molecule has 0 saturated heterocycles. The van der Waals surface area contributed by atoms with Gasteiger partial charge in [-0.3, -0.25) is 4.79 Å². The molecule has 1 aliphatic rings. The SMILES string of the molecule is COc1cc(C=O)cc2sc(-c3cc4ccc(-c5ccc(O)c(F)c5)cc4n3CC3CC3)c(C)c12. The van der Waals surface area contributed by atoms with Crippen LogP contribution < -0.4 is 4.74 Å². The summed E-state index contributed by atoms with van der Waals surface area (Å²) in [7, 11) is 1.64. The summed E-state index contributed by atoms with van der Waals surface area (Å²) in [6.07, 6.45) is 3.31. The summed E-state index contributed by atoms with van der Waals surface area (Å²) in [5, 5.41) is 11.8. The van der Waals surface area contributed by atoms with Crippen molar-refractivity contribution >= 4 is 38.6 Å². The number of hydrogen-bond donors (Lipinski definition) is 1. The average molecular weight is 486 g/mol. The Morgan fingerprint density at radius 3 is 2.60 bits per heavy atom. The van der Waals surface area contributed by atoms with Gasteiger partial charge in [-0.2, -0.15) is 0 Å². The predicted molar refractivity (Wildman–Crippen MR) is 139 cm³/mol. The molecule has 1 aliphatic carbocycles. The lowest BCUT2D eigenvalue weighted by Gasteiger charge is -2.11. The summed E-state index contributed by atoms with van der Waals surface area (Å²) < 4.78 is 23.1. The number of aryl methyl sites for hydroxylation is 1. The van der Waals surface area contributed by atoms with E-state index in [2.05, 4.69) is 29.7 Å². The van der Waals surface area contributed by atoms with E-state index in [-0.39, 0.29) is 5.75 Å². The number of aromatic nitrogens is 1. The minimum absolute atomic E-state index is 0.345. The first-order valence-electron chi connectivity index (χ1n) is 11.7. The molecule has 6 heteroatoms. The van der Waals surface area contributed by atoms with Crippen molar-refractivity contribution in [3.8, 4) is 33.2 Å². The van der Waals surface area contributed by atoms with Gasteiger partial charge >= 0.3 is 0 Å². The monoisotopic (exact) mass is 485 g/mol. The number of hydrogen-bond acceptors (Lipinski definition) is 4. The fraction of sp³-hybridized carbons (Fsp3) is 0.207. The third-order valence-electron chi connectivity index (χ3n) is 6.93. The van der Waals surface area contributed by atoms with Crippen LogP contribution in [0.2, 0.25) is 0 Å². The van der Waals surface area contributed by atoms with E-state index in [9.17, 15) is 14.3 Å². The minimum Gasteiger partial charge on any atom is -0.505 e. The second-order valence-electron chi connectivity index (χ2n) is 9.29. The Labute approximate surface area is 206 Å². The van der Waals surface area contributed by atoms with Gasteiger partial charge in [-0.1, -0.05) is 18.2 Å². The van der Waals surface area contributed by atoms with E-state index >= 15 is 0 Å². The van der Waals surface area contributed by atoms with Gasteiger partial charge in [0.15, 0.2) is 11.6 Å². The van der Waals surface area contributed by atoms with Crippen molar-refractivity contribution in [2.24, 2.45) is 5.92 Å². The van der Waals surface area contributed by atoms with Gasteiger partial charge in [-0.15, -0.1) is 11.3 Å². The van der Waals surface area contributed by atoms with Crippen LogP contribution in [0, 0.1) is 18.7 Å². The molecule has 0 radical (unpaired) electrons. The summed E-state index contributed by atoms with van der Waals surface area (Å²) in [6, 6.07) is 16.6. The smallest absolute Gasteiger partial charge is 0.165 e. The fourth-order valence-corrected chi connectivity index (χ4v) is 6.20. The number of aldehydes is 1. The molecule has 5 aromatic rings. The van der Waals surface area contributed by atoms with Gasteiger partial charge in [0.05, 0.1) is 17.7 Å². The van der Waals surface area contributed by atoms with E-state index in [0.29, 0.717) is 17.2 Å². The van der Waals surface area contributed by atoms with Crippen molar-refractivity contribution in [2.45, 2.75) is 26.3 Å².